The van der Waals surface area contributed by atoms with Crippen LogP contribution in [0.1, 0.15) is 48.0 Å². The predicted molar refractivity (Wildman–Crippen MR) is 80.3 cm³/mol. The number of aromatic carboxylic acids is 1. The van der Waals surface area contributed by atoms with Gasteiger partial charge in [-0.05, 0) is 67.7 Å². The zero-order chi connectivity index (χ0) is 15.0. The highest BCUT2D eigenvalue weighted by molar-refractivity contribution is 5.93. The molecule has 0 radical (unpaired) electrons. The van der Waals surface area contributed by atoms with Crippen LogP contribution in [0.2, 0.25) is 0 Å². The van der Waals surface area contributed by atoms with Crippen molar-refractivity contribution in [1.29, 1.82) is 0 Å². The number of benzene rings is 1. The first-order chi connectivity index (χ1) is 10.0. The lowest BCUT2D eigenvalue weighted by atomic mass is 9.86. The molecule has 1 aromatic rings. The normalized spacial score (nSPS) is 26.8. The maximum Gasteiger partial charge on any atom is 0.335 e. The van der Waals surface area contributed by atoms with Gasteiger partial charge in [-0.2, -0.15) is 0 Å². The summed E-state index contributed by atoms with van der Waals surface area (Å²) < 4.78 is 0. The van der Waals surface area contributed by atoms with Gasteiger partial charge in [0.1, 0.15) is 0 Å². The maximum atomic E-state index is 12.1. The van der Waals surface area contributed by atoms with E-state index < -0.39 is 5.97 Å². The molecule has 21 heavy (non-hydrogen) atoms. The van der Waals surface area contributed by atoms with E-state index in [1.807, 2.05) is 0 Å². The highest BCUT2D eigenvalue weighted by Crippen LogP contribution is 2.49. The van der Waals surface area contributed by atoms with Gasteiger partial charge < -0.3 is 10.4 Å². The van der Waals surface area contributed by atoms with Crippen LogP contribution in [0.4, 0.5) is 5.69 Å². The third kappa shape index (κ3) is 2.94. The highest BCUT2D eigenvalue weighted by atomic mass is 16.4. The molecular formula is C17H21NO3. The van der Waals surface area contributed by atoms with Gasteiger partial charge in [0.05, 0.1) is 5.56 Å². The molecule has 2 aliphatic carbocycles. The molecule has 0 spiro atoms. The van der Waals surface area contributed by atoms with Gasteiger partial charge in [0, 0.05) is 12.1 Å². The van der Waals surface area contributed by atoms with E-state index in [4.69, 9.17) is 5.11 Å². The van der Waals surface area contributed by atoms with Gasteiger partial charge in [-0.25, -0.2) is 4.79 Å². The Bertz CT molecular complexity index is 581. The Hall–Kier alpha value is -1.84. The zero-order valence-electron chi connectivity index (χ0n) is 12.3. The summed E-state index contributed by atoms with van der Waals surface area (Å²) >= 11 is 0. The van der Waals surface area contributed by atoms with Crippen LogP contribution >= 0.6 is 0 Å². The third-order valence-electron chi connectivity index (χ3n) is 5.07. The van der Waals surface area contributed by atoms with Crippen LogP contribution < -0.4 is 5.32 Å². The summed E-state index contributed by atoms with van der Waals surface area (Å²) in [5.74, 6) is 1.26. The number of carbonyl (C=O) groups excluding carboxylic acids is 1. The van der Waals surface area contributed by atoms with Gasteiger partial charge in [-0.15, -0.1) is 0 Å². The first kappa shape index (κ1) is 14.1. The van der Waals surface area contributed by atoms with Crippen molar-refractivity contribution in [3.63, 3.8) is 0 Å². The molecular weight excluding hydrogens is 266 g/mol. The number of hydrogen-bond donors (Lipinski definition) is 2. The van der Waals surface area contributed by atoms with Crippen molar-refractivity contribution in [1.82, 2.24) is 0 Å². The number of carboxylic acids is 1. The Morgan fingerprint density at radius 1 is 1.29 bits per heavy atom. The van der Waals surface area contributed by atoms with Crippen LogP contribution in [0.25, 0.3) is 0 Å². The monoisotopic (exact) mass is 287 g/mol. The van der Waals surface area contributed by atoms with Crippen LogP contribution in [0.5, 0.6) is 0 Å². The molecule has 4 nitrogen and oxygen atoms in total. The molecule has 2 bridgehead atoms. The number of rotatable bonds is 4. The molecule has 3 rings (SSSR count). The highest BCUT2D eigenvalue weighted by Gasteiger charge is 2.40. The second-order valence-electron chi connectivity index (χ2n) is 6.52. The molecule has 1 aromatic carbocycles. The number of aryl methyl sites for hydroxylation is 1. The fourth-order valence-corrected chi connectivity index (χ4v) is 4.06. The van der Waals surface area contributed by atoms with Crippen molar-refractivity contribution in [2.24, 2.45) is 17.8 Å². The lowest BCUT2D eigenvalue weighted by Gasteiger charge is -2.21. The maximum absolute atomic E-state index is 12.1. The summed E-state index contributed by atoms with van der Waals surface area (Å²) in [5.41, 5.74) is 1.63. The molecule has 112 valence electrons. The lowest BCUT2D eigenvalue weighted by Crippen LogP contribution is -2.20. The number of hydrogen-bond acceptors (Lipinski definition) is 2. The minimum absolute atomic E-state index is 0.0509. The Kier molecular flexibility index (Phi) is 3.70. The van der Waals surface area contributed by atoms with E-state index in [2.05, 4.69) is 5.32 Å². The summed E-state index contributed by atoms with van der Waals surface area (Å²) in [6.07, 6.45) is 5.74. The first-order valence-electron chi connectivity index (χ1n) is 7.66. The largest absolute Gasteiger partial charge is 0.478 e. The summed E-state index contributed by atoms with van der Waals surface area (Å²) in [6.45, 7) is 1.75. The van der Waals surface area contributed by atoms with Gasteiger partial charge in [0.2, 0.25) is 5.91 Å². The van der Waals surface area contributed by atoms with Gasteiger partial charge in [-0.1, -0.05) is 6.42 Å². The number of amides is 1. The van der Waals surface area contributed by atoms with Crippen LogP contribution in [0, 0.1) is 24.7 Å². The van der Waals surface area contributed by atoms with E-state index in [0.717, 1.165) is 11.8 Å². The Morgan fingerprint density at radius 2 is 2.10 bits per heavy atom. The molecule has 0 saturated heterocycles. The van der Waals surface area contributed by atoms with Crippen molar-refractivity contribution >= 4 is 17.6 Å². The number of anilines is 1. The Morgan fingerprint density at radius 3 is 2.67 bits per heavy atom. The summed E-state index contributed by atoms with van der Waals surface area (Å²) in [5, 5.41) is 11.9. The summed E-state index contributed by atoms with van der Waals surface area (Å²) in [6, 6.07) is 4.93. The number of fused-ring (bicyclic) bond motifs is 2. The van der Waals surface area contributed by atoms with Gasteiger partial charge in [-0.3, -0.25) is 4.79 Å². The quantitative estimate of drug-likeness (QED) is 0.891. The molecule has 0 heterocycles. The van der Waals surface area contributed by atoms with Gasteiger partial charge >= 0.3 is 5.97 Å². The average molecular weight is 287 g/mol. The molecule has 4 heteroatoms. The van der Waals surface area contributed by atoms with Crippen LogP contribution in [-0.2, 0) is 4.79 Å². The molecule has 0 aliphatic heterocycles. The van der Waals surface area contributed by atoms with Crippen LogP contribution in [0.15, 0.2) is 18.2 Å². The molecule has 0 aromatic heterocycles. The number of carbonyl (C=O) groups is 2. The van der Waals surface area contributed by atoms with Crippen LogP contribution in [-0.4, -0.2) is 17.0 Å². The SMILES string of the molecule is Cc1cc(NC(=O)CC2CC3CCC2C3)ccc1C(=O)O. The Labute approximate surface area is 124 Å². The zero-order valence-corrected chi connectivity index (χ0v) is 12.3. The van der Waals surface area contributed by atoms with E-state index in [0.29, 0.717) is 23.6 Å². The van der Waals surface area contributed by atoms with E-state index in [1.54, 1.807) is 25.1 Å². The Balaban J connectivity index is 1.60. The average Bonchev–Trinajstić information content (AvgIpc) is 3.00. The van der Waals surface area contributed by atoms with Crippen molar-refractivity contribution in [2.75, 3.05) is 5.32 Å². The van der Waals surface area contributed by atoms with Gasteiger partial charge in [0.25, 0.3) is 0 Å². The smallest absolute Gasteiger partial charge is 0.335 e. The number of carboxylic acid groups (broad SMARTS) is 1. The van der Waals surface area contributed by atoms with E-state index in [1.165, 1.54) is 25.7 Å². The van der Waals surface area contributed by atoms with Crippen molar-refractivity contribution in [3.05, 3.63) is 29.3 Å². The first-order valence-corrected chi connectivity index (χ1v) is 7.66. The molecule has 3 atom stereocenters. The molecule has 2 aliphatic rings. The molecule has 1 amide bonds. The fourth-order valence-electron chi connectivity index (χ4n) is 4.06. The molecule has 2 saturated carbocycles. The number of nitrogens with one attached hydrogen (secondary N) is 1. The van der Waals surface area contributed by atoms with Crippen molar-refractivity contribution < 1.29 is 14.7 Å². The minimum Gasteiger partial charge on any atom is -0.478 e. The topological polar surface area (TPSA) is 66.4 Å². The summed E-state index contributed by atoms with van der Waals surface area (Å²) in [7, 11) is 0. The van der Waals surface area contributed by atoms with E-state index in [-0.39, 0.29) is 11.5 Å². The second kappa shape index (κ2) is 5.51. The summed E-state index contributed by atoms with van der Waals surface area (Å²) in [4.78, 5) is 23.1. The van der Waals surface area contributed by atoms with Crippen molar-refractivity contribution in [3.8, 4) is 0 Å². The van der Waals surface area contributed by atoms with Gasteiger partial charge in [0.15, 0.2) is 0 Å². The lowest BCUT2D eigenvalue weighted by molar-refractivity contribution is -0.117. The molecule has 3 unspecified atom stereocenters. The minimum atomic E-state index is -0.938. The van der Waals surface area contributed by atoms with Crippen LogP contribution in [0.3, 0.4) is 0 Å². The molecule has 2 N–H and O–H groups in total. The second-order valence-corrected chi connectivity index (χ2v) is 6.52. The third-order valence-corrected chi connectivity index (χ3v) is 5.07. The van der Waals surface area contributed by atoms with E-state index in [9.17, 15) is 9.59 Å². The van der Waals surface area contributed by atoms with Crippen molar-refractivity contribution in [2.45, 2.75) is 39.0 Å². The molecule has 2 fully saturated rings. The van der Waals surface area contributed by atoms with E-state index >= 15 is 0 Å². The predicted octanol–water partition coefficient (Wildman–Crippen LogP) is 3.46. The standard InChI is InChI=1S/C17H21NO3/c1-10-6-14(4-5-15(10)17(20)21)18-16(19)9-13-8-11-2-3-12(13)7-11/h4-6,11-13H,2-3,7-9H2,1H3,(H,18,19)(H,20,21). The fraction of sp³-hybridized carbons (Fsp3) is 0.529.